The number of nitrogens with one attached hydrogen (secondary N) is 1. The summed E-state index contributed by atoms with van der Waals surface area (Å²) in [6, 6.07) is 18.7. The van der Waals surface area contributed by atoms with E-state index in [2.05, 4.69) is 36.5 Å². The van der Waals surface area contributed by atoms with E-state index >= 15 is 0 Å². The van der Waals surface area contributed by atoms with Crippen LogP contribution in [-0.2, 0) is 0 Å². The number of hydrogen-bond donors (Lipinski definition) is 1. The topological polar surface area (TPSA) is 21.3 Å². The van der Waals surface area contributed by atoms with Crippen molar-refractivity contribution in [2.75, 3.05) is 12.4 Å². The van der Waals surface area contributed by atoms with Crippen LogP contribution in [-0.4, -0.2) is 7.11 Å². The predicted octanol–water partition coefficient (Wildman–Crippen LogP) is 3.87. The van der Waals surface area contributed by atoms with Gasteiger partial charge in [-0.3, -0.25) is 0 Å². The number of anilines is 1. The molecule has 0 amide bonds. The van der Waals surface area contributed by atoms with Crippen molar-refractivity contribution in [2.24, 2.45) is 0 Å². The Bertz CT molecular complexity index is 450. The summed E-state index contributed by atoms with van der Waals surface area (Å²) in [4.78, 5) is 0. The molecule has 0 aliphatic rings. The van der Waals surface area contributed by atoms with Crippen molar-refractivity contribution >= 4 is 5.69 Å². The average molecular weight is 227 g/mol. The Balaban J connectivity index is 2.05. The Morgan fingerprint density at radius 3 is 2.18 bits per heavy atom. The standard InChI is InChI=1S/C15H17NO/c1-12(13-6-4-3-5-7-13)16-14-8-10-15(17-2)11-9-14/h3-12,16H,1-2H3/t12-/m0/s1. The van der Waals surface area contributed by atoms with E-state index in [0.717, 1.165) is 11.4 Å². The van der Waals surface area contributed by atoms with Crippen molar-refractivity contribution in [1.82, 2.24) is 0 Å². The van der Waals surface area contributed by atoms with E-state index in [9.17, 15) is 0 Å². The molecule has 0 bridgehead atoms. The molecule has 2 nitrogen and oxygen atoms in total. The van der Waals surface area contributed by atoms with E-state index in [-0.39, 0.29) is 0 Å². The minimum absolute atomic E-state index is 0.296. The van der Waals surface area contributed by atoms with Crippen molar-refractivity contribution in [3.05, 3.63) is 60.2 Å². The van der Waals surface area contributed by atoms with Crippen molar-refractivity contribution in [3.63, 3.8) is 0 Å². The summed E-state index contributed by atoms with van der Waals surface area (Å²) in [5.41, 5.74) is 2.38. The first-order valence-corrected chi connectivity index (χ1v) is 5.75. The first-order valence-electron chi connectivity index (χ1n) is 5.75. The third-order valence-electron chi connectivity index (χ3n) is 2.77. The number of rotatable bonds is 4. The zero-order chi connectivity index (χ0) is 12.1. The molecule has 1 N–H and O–H groups in total. The molecule has 88 valence electrons. The second-order valence-electron chi connectivity index (χ2n) is 4.01. The molecule has 2 aromatic rings. The minimum Gasteiger partial charge on any atom is -0.497 e. The van der Waals surface area contributed by atoms with Gasteiger partial charge >= 0.3 is 0 Å². The van der Waals surface area contributed by atoms with E-state index in [0.29, 0.717) is 6.04 Å². The Morgan fingerprint density at radius 2 is 1.59 bits per heavy atom. The van der Waals surface area contributed by atoms with Crippen molar-refractivity contribution in [2.45, 2.75) is 13.0 Å². The quantitative estimate of drug-likeness (QED) is 0.856. The molecule has 0 heterocycles. The maximum absolute atomic E-state index is 5.13. The summed E-state index contributed by atoms with van der Waals surface area (Å²) in [5.74, 6) is 0.878. The van der Waals surface area contributed by atoms with Crippen LogP contribution in [0.1, 0.15) is 18.5 Å². The Morgan fingerprint density at radius 1 is 0.941 bits per heavy atom. The molecule has 0 aromatic heterocycles. The van der Waals surface area contributed by atoms with Gasteiger partial charge in [0.15, 0.2) is 0 Å². The molecule has 0 saturated heterocycles. The van der Waals surface area contributed by atoms with Crippen LogP contribution in [0.15, 0.2) is 54.6 Å². The van der Waals surface area contributed by atoms with Crippen LogP contribution in [0.2, 0.25) is 0 Å². The zero-order valence-electron chi connectivity index (χ0n) is 10.2. The van der Waals surface area contributed by atoms with Crippen LogP contribution >= 0.6 is 0 Å². The lowest BCUT2D eigenvalue weighted by molar-refractivity contribution is 0.415. The largest absolute Gasteiger partial charge is 0.497 e. The zero-order valence-corrected chi connectivity index (χ0v) is 10.2. The molecule has 2 rings (SSSR count). The fraction of sp³-hybridized carbons (Fsp3) is 0.200. The maximum atomic E-state index is 5.13. The van der Waals surface area contributed by atoms with E-state index in [1.807, 2.05) is 30.3 Å². The van der Waals surface area contributed by atoms with Crippen molar-refractivity contribution in [3.8, 4) is 5.75 Å². The second kappa shape index (κ2) is 5.39. The SMILES string of the molecule is COc1ccc(N[C@@H](C)c2ccccc2)cc1. The van der Waals surface area contributed by atoms with Gasteiger partial charge in [0, 0.05) is 11.7 Å². The van der Waals surface area contributed by atoms with E-state index in [1.54, 1.807) is 7.11 Å². The molecule has 1 atom stereocenters. The summed E-state index contributed by atoms with van der Waals surface area (Å²) < 4.78 is 5.13. The second-order valence-corrected chi connectivity index (χ2v) is 4.01. The molecule has 17 heavy (non-hydrogen) atoms. The third-order valence-corrected chi connectivity index (χ3v) is 2.77. The van der Waals surface area contributed by atoms with Crippen LogP contribution in [0.5, 0.6) is 5.75 Å². The molecular weight excluding hydrogens is 210 g/mol. The van der Waals surface area contributed by atoms with Gasteiger partial charge in [-0.1, -0.05) is 30.3 Å². The smallest absolute Gasteiger partial charge is 0.119 e. The molecule has 0 unspecified atom stereocenters. The number of methoxy groups -OCH3 is 1. The fourth-order valence-corrected chi connectivity index (χ4v) is 1.76. The highest BCUT2D eigenvalue weighted by Gasteiger charge is 2.03. The summed E-state index contributed by atoms with van der Waals surface area (Å²) >= 11 is 0. The van der Waals surface area contributed by atoms with Gasteiger partial charge in [0.25, 0.3) is 0 Å². The van der Waals surface area contributed by atoms with E-state index in [4.69, 9.17) is 4.74 Å². The molecule has 0 aliphatic heterocycles. The lowest BCUT2D eigenvalue weighted by atomic mass is 10.1. The van der Waals surface area contributed by atoms with E-state index < -0.39 is 0 Å². The molecule has 0 aliphatic carbocycles. The molecule has 0 spiro atoms. The van der Waals surface area contributed by atoms with Crippen molar-refractivity contribution < 1.29 is 4.74 Å². The van der Waals surface area contributed by atoms with Gasteiger partial charge < -0.3 is 10.1 Å². The molecular formula is C15H17NO. The summed E-state index contributed by atoms with van der Waals surface area (Å²) in [7, 11) is 1.68. The van der Waals surface area contributed by atoms with Gasteiger partial charge in [-0.25, -0.2) is 0 Å². The Hall–Kier alpha value is -1.96. The molecule has 0 radical (unpaired) electrons. The van der Waals surface area contributed by atoms with Gasteiger partial charge in [-0.2, -0.15) is 0 Å². The third kappa shape index (κ3) is 3.00. The van der Waals surface area contributed by atoms with Crippen molar-refractivity contribution in [1.29, 1.82) is 0 Å². The summed E-state index contributed by atoms with van der Waals surface area (Å²) in [5, 5.41) is 3.45. The number of hydrogen-bond acceptors (Lipinski definition) is 2. The lowest BCUT2D eigenvalue weighted by Gasteiger charge is -2.15. The van der Waals surface area contributed by atoms with Gasteiger partial charge in [0.05, 0.1) is 7.11 Å². The average Bonchev–Trinajstić information content (AvgIpc) is 2.40. The Labute approximate surface area is 102 Å². The maximum Gasteiger partial charge on any atom is 0.119 e. The highest BCUT2D eigenvalue weighted by atomic mass is 16.5. The van der Waals surface area contributed by atoms with Crippen LogP contribution < -0.4 is 10.1 Å². The first kappa shape index (κ1) is 11.5. The molecule has 0 fully saturated rings. The lowest BCUT2D eigenvalue weighted by Crippen LogP contribution is -2.06. The van der Waals surface area contributed by atoms with Crippen LogP contribution in [0.25, 0.3) is 0 Å². The Kier molecular flexibility index (Phi) is 3.66. The van der Waals surface area contributed by atoms with Gasteiger partial charge in [0.2, 0.25) is 0 Å². The van der Waals surface area contributed by atoms with Gasteiger partial charge in [-0.05, 0) is 36.8 Å². The van der Waals surface area contributed by atoms with Crippen LogP contribution in [0, 0.1) is 0 Å². The highest BCUT2D eigenvalue weighted by molar-refractivity contribution is 5.48. The van der Waals surface area contributed by atoms with Gasteiger partial charge in [-0.15, -0.1) is 0 Å². The van der Waals surface area contributed by atoms with Crippen LogP contribution in [0.3, 0.4) is 0 Å². The monoisotopic (exact) mass is 227 g/mol. The summed E-state index contributed by atoms with van der Waals surface area (Å²) in [6.07, 6.45) is 0. The van der Waals surface area contributed by atoms with Gasteiger partial charge in [0.1, 0.15) is 5.75 Å². The van der Waals surface area contributed by atoms with E-state index in [1.165, 1.54) is 5.56 Å². The molecule has 0 saturated carbocycles. The minimum atomic E-state index is 0.296. The summed E-state index contributed by atoms with van der Waals surface area (Å²) in [6.45, 7) is 2.15. The molecule has 2 aromatic carbocycles. The highest BCUT2D eigenvalue weighted by Crippen LogP contribution is 2.21. The van der Waals surface area contributed by atoms with Crippen LogP contribution in [0.4, 0.5) is 5.69 Å². The molecule has 2 heteroatoms. The predicted molar refractivity (Wildman–Crippen MR) is 71.5 cm³/mol. The number of benzene rings is 2. The fourth-order valence-electron chi connectivity index (χ4n) is 1.76. The normalized spacial score (nSPS) is 11.9. The first-order chi connectivity index (χ1) is 8.29. The number of ether oxygens (including phenoxy) is 1.